The number of amides is 2. The molecular formula is C33H65N3O7. The van der Waals surface area contributed by atoms with Crippen LogP contribution in [0.1, 0.15) is 142 Å². The minimum atomic E-state index is -1.50. The molecule has 0 aliphatic carbocycles. The number of unbranched alkanes of at least 4 members (excludes halogenated alkanes) is 17. The van der Waals surface area contributed by atoms with E-state index < -0.39 is 55.7 Å². The fourth-order valence-electron chi connectivity index (χ4n) is 5.77. The number of nitrogens with one attached hydrogen (secondary N) is 1. The highest BCUT2D eigenvalue weighted by Crippen LogP contribution is 2.26. The van der Waals surface area contributed by atoms with Crippen molar-refractivity contribution in [3.63, 3.8) is 0 Å². The summed E-state index contributed by atoms with van der Waals surface area (Å²) in [5, 5.41) is 43.2. The van der Waals surface area contributed by atoms with Crippen LogP contribution >= 0.6 is 0 Å². The minimum absolute atomic E-state index is 0.144. The van der Waals surface area contributed by atoms with Crippen LogP contribution in [0.5, 0.6) is 0 Å². The van der Waals surface area contributed by atoms with Crippen LogP contribution < -0.4 is 11.1 Å². The highest BCUT2D eigenvalue weighted by atomic mass is 16.5. The number of nitrogens with two attached hydrogens (primary N) is 1. The maximum absolute atomic E-state index is 13.6. The molecule has 0 aromatic rings. The summed E-state index contributed by atoms with van der Waals surface area (Å²) < 4.78 is 5.99. The van der Waals surface area contributed by atoms with Gasteiger partial charge in [0.2, 0.25) is 11.8 Å². The number of hydrogen-bond acceptors (Lipinski definition) is 8. The lowest BCUT2D eigenvalue weighted by atomic mass is 9.94. The molecule has 10 heteroatoms. The molecule has 0 saturated carbocycles. The van der Waals surface area contributed by atoms with Gasteiger partial charge in [0, 0.05) is 13.0 Å². The Balaban J connectivity index is 2.83. The van der Waals surface area contributed by atoms with Crippen molar-refractivity contribution < 1.29 is 34.8 Å². The van der Waals surface area contributed by atoms with E-state index in [1.54, 1.807) is 4.90 Å². The Morgan fingerprint density at radius 3 is 1.67 bits per heavy atom. The van der Waals surface area contributed by atoms with Crippen molar-refractivity contribution in [1.29, 1.82) is 0 Å². The Kier molecular flexibility index (Phi) is 23.1. The number of rotatable bonds is 26. The Labute approximate surface area is 261 Å². The van der Waals surface area contributed by atoms with Crippen LogP contribution in [-0.4, -0.2) is 93.5 Å². The fourth-order valence-corrected chi connectivity index (χ4v) is 5.77. The molecule has 1 aliphatic rings. The highest BCUT2D eigenvalue weighted by Gasteiger charge is 2.48. The van der Waals surface area contributed by atoms with Crippen LogP contribution in [0.25, 0.3) is 0 Å². The van der Waals surface area contributed by atoms with Gasteiger partial charge >= 0.3 is 0 Å². The van der Waals surface area contributed by atoms with Crippen LogP contribution in [0, 0.1) is 0 Å². The van der Waals surface area contributed by atoms with Gasteiger partial charge in [-0.05, 0) is 12.8 Å². The van der Waals surface area contributed by atoms with Gasteiger partial charge < -0.3 is 41.1 Å². The minimum Gasteiger partial charge on any atom is -0.394 e. The number of aliphatic hydroxyl groups excluding tert-OH is 4. The molecule has 6 atom stereocenters. The van der Waals surface area contributed by atoms with Gasteiger partial charge in [0.05, 0.1) is 13.2 Å². The van der Waals surface area contributed by atoms with Crippen molar-refractivity contribution in [2.24, 2.45) is 5.73 Å². The second kappa shape index (κ2) is 25.0. The van der Waals surface area contributed by atoms with Crippen molar-refractivity contribution in [1.82, 2.24) is 10.2 Å². The van der Waals surface area contributed by atoms with Gasteiger partial charge in [-0.1, -0.05) is 123 Å². The normalized spacial score (nSPS) is 22.8. The van der Waals surface area contributed by atoms with Crippen molar-refractivity contribution >= 4 is 11.8 Å². The second-order valence-electron chi connectivity index (χ2n) is 12.4. The van der Waals surface area contributed by atoms with Crippen LogP contribution in [-0.2, 0) is 14.3 Å². The summed E-state index contributed by atoms with van der Waals surface area (Å²) in [6, 6.07) is -2.40. The van der Waals surface area contributed by atoms with Gasteiger partial charge in [0.1, 0.15) is 30.4 Å². The Morgan fingerprint density at radius 2 is 1.21 bits per heavy atom. The van der Waals surface area contributed by atoms with E-state index in [9.17, 15) is 30.0 Å². The topological polar surface area (TPSA) is 166 Å². The van der Waals surface area contributed by atoms with Crippen molar-refractivity contribution in [2.45, 2.75) is 179 Å². The third-order valence-electron chi connectivity index (χ3n) is 8.62. The van der Waals surface area contributed by atoms with Gasteiger partial charge in [-0.3, -0.25) is 9.59 Å². The summed E-state index contributed by atoms with van der Waals surface area (Å²) in [5.74, 6) is -0.866. The lowest BCUT2D eigenvalue weighted by Crippen LogP contribution is -2.69. The standard InChI is InChI=1S/C33H65N3O7/c1-3-5-7-9-11-13-15-17-19-21-23-36(28(39)22-20-18-16-14-12-10-8-6-4-2)33-29(35-32(42)26(34)24-37)31(41)30(40)27(25-38)43-33/h26-27,29-31,33,37-38,40-41H,3-25,34H2,1-2H3,(H,35,42)/t26-,27+,29+,30+,31+,33+/m0/s1. The maximum atomic E-state index is 13.6. The zero-order valence-corrected chi connectivity index (χ0v) is 27.3. The summed E-state index contributed by atoms with van der Waals surface area (Å²) in [6.45, 7) is 3.65. The molecule has 0 spiro atoms. The summed E-state index contributed by atoms with van der Waals surface area (Å²) in [7, 11) is 0. The first kappa shape index (κ1) is 39.7. The van der Waals surface area contributed by atoms with Crippen molar-refractivity contribution in [2.75, 3.05) is 19.8 Å². The summed E-state index contributed by atoms with van der Waals surface area (Å²) in [6.07, 6.45) is 16.8. The Morgan fingerprint density at radius 1 is 0.744 bits per heavy atom. The quantitative estimate of drug-likeness (QED) is 0.0798. The number of nitrogens with zero attached hydrogens (tertiary/aromatic N) is 1. The van der Waals surface area contributed by atoms with E-state index >= 15 is 0 Å². The Bertz CT molecular complexity index is 714. The molecule has 1 saturated heterocycles. The van der Waals surface area contributed by atoms with E-state index in [0.29, 0.717) is 13.0 Å². The molecular weight excluding hydrogens is 550 g/mol. The van der Waals surface area contributed by atoms with Crippen molar-refractivity contribution in [3.8, 4) is 0 Å². The van der Waals surface area contributed by atoms with E-state index in [-0.39, 0.29) is 5.91 Å². The molecule has 1 fully saturated rings. The van der Waals surface area contributed by atoms with E-state index in [0.717, 1.165) is 51.4 Å². The first-order valence-electron chi connectivity index (χ1n) is 17.4. The molecule has 10 nitrogen and oxygen atoms in total. The summed E-state index contributed by atoms with van der Waals surface area (Å²) >= 11 is 0. The smallest absolute Gasteiger partial charge is 0.239 e. The van der Waals surface area contributed by atoms with Gasteiger partial charge in [-0.25, -0.2) is 0 Å². The first-order valence-corrected chi connectivity index (χ1v) is 17.4. The summed E-state index contributed by atoms with van der Waals surface area (Å²) in [4.78, 5) is 27.8. The number of carbonyl (C=O) groups is 2. The number of carbonyl (C=O) groups excluding carboxylic acids is 2. The zero-order chi connectivity index (χ0) is 31.9. The van der Waals surface area contributed by atoms with Gasteiger partial charge in [0.25, 0.3) is 0 Å². The van der Waals surface area contributed by atoms with E-state index in [1.807, 2.05) is 0 Å². The predicted octanol–water partition coefficient (Wildman–Crippen LogP) is 3.90. The van der Waals surface area contributed by atoms with Gasteiger partial charge in [0.15, 0.2) is 6.23 Å². The SMILES string of the molecule is CCCCCCCCCCCCN(C(=O)CCCCCCCCCCC)[C@@H]1O[C@H](CO)[C@@H](O)[C@H](O)[C@H]1NC(=O)[C@@H](N)CO. The number of ether oxygens (including phenoxy) is 1. The molecule has 0 unspecified atom stereocenters. The zero-order valence-electron chi connectivity index (χ0n) is 27.3. The van der Waals surface area contributed by atoms with Crippen LogP contribution in [0.15, 0.2) is 0 Å². The third kappa shape index (κ3) is 16.0. The molecule has 1 rings (SSSR count). The maximum Gasteiger partial charge on any atom is 0.239 e. The molecule has 0 bridgehead atoms. The molecule has 7 N–H and O–H groups in total. The molecule has 0 aromatic carbocycles. The average Bonchev–Trinajstić information content (AvgIpc) is 3.01. The molecule has 0 radical (unpaired) electrons. The lowest BCUT2D eigenvalue weighted by Gasteiger charge is -2.47. The van der Waals surface area contributed by atoms with Gasteiger partial charge in [-0.2, -0.15) is 0 Å². The first-order chi connectivity index (χ1) is 20.8. The molecule has 2 amide bonds. The van der Waals surface area contributed by atoms with Crippen LogP contribution in [0.4, 0.5) is 0 Å². The number of aliphatic hydroxyl groups is 4. The van der Waals surface area contributed by atoms with Gasteiger partial charge in [-0.15, -0.1) is 0 Å². The van der Waals surface area contributed by atoms with Crippen LogP contribution in [0.3, 0.4) is 0 Å². The molecule has 0 aromatic heterocycles. The third-order valence-corrected chi connectivity index (χ3v) is 8.62. The number of hydrogen-bond donors (Lipinski definition) is 6. The fraction of sp³-hybridized carbons (Fsp3) is 0.939. The average molecular weight is 616 g/mol. The lowest BCUT2D eigenvalue weighted by molar-refractivity contribution is -0.231. The highest BCUT2D eigenvalue weighted by molar-refractivity contribution is 5.82. The molecule has 1 heterocycles. The molecule has 254 valence electrons. The van der Waals surface area contributed by atoms with E-state index in [2.05, 4.69) is 19.2 Å². The van der Waals surface area contributed by atoms with E-state index in [1.165, 1.54) is 70.6 Å². The Hall–Kier alpha value is -1.30. The largest absolute Gasteiger partial charge is 0.394 e. The molecule has 1 aliphatic heterocycles. The monoisotopic (exact) mass is 615 g/mol. The second-order valence-corrected chi connectivity index (χ2v) is 12.4. The predicted molar refractivity (Wildman–Crippen MR) is 170 cm³/mol. The van der Waals surface area contributed by atoms with Crippen LogP contribution in [0.2, 0.25) is 0 Å². The summed E-state index contributed by atoms with van der Waals surface area (Å²) in [5.41, 5.74) is 5.69. The molecule has 43 heavy (non-hydrogen) atoms. The van der Waals surface area contributed by atoms with E-state index in [4.69, 9.17) is 10.5 Å². The van der Waals surface area contributed by atoms with Crippen molar-refractivity contribution in [3.05, 3.63) is 0 Å².